The highest BCUT2D eigenvalue weighted by molar-refractivity contribution is 5.98. The van der Waals surface area contributed by atoms with E-state index in [1.54, 1.807) is 29.2 Å². The monoisotopic (exact) mass is 379 g/mol. The van der Waals surface area contributed by atoms with E-state index in [-0.39, 0.29) is 24.1 Å². The van der Waals surface area contributed by atoms with Crippen molar-refractivity contribution in [3.05, 3.63) is 59.7 Å². The predicted octanol–water partition coefficient (Wildman–Crippen LogP) is 3.13. The molecule has 1 aliphatic rings. The first-order chi connectivity index (χ1) is 13.6. The topological polar surface area (TPSA) is 78.5 Å². The lowest BCUT2D eigenvalue weighted by Crippen LogP contribution is -2.24. The third-order valence-corrected chi connectivity index (χ3v) is 4.63. The van der Waals surface area contributed by atoms with Crippen LogP contribution < -0.4 is 15.5 Å². The Kier molecular flexibility index (Phi) is 6.42. The van der Waals surface area contributed by atoms with Crippen molar-refractivity contribution in [2.75, 3.05) is 23.3 Å². The summed E-state index contributed by atoms with van der Waals surface area (Å²) < 4.78 is 0. The second kappa shape index (κ2) is 9.17. The van der Waals surface area contributed by atoms with Gasteiger partial charge in [-0.1, -0.05) is 25.1 Å². The van der Waals surface area contributed by atoms with Crippen LogP contribution in [0.15, 0.2) is 48.5 Å². The van der Waals surface area contributed by atoms with E-state index in [0.717, 1.165) is 30.6 Å². The van der Waals surface area contributed by atoms with Crippen molar-refractivity contribution in [2.45, 2.75) is 32.6 Å². The van der Waals surface area contributed by atoms with Crippen LogP contribution >= 0.6 is 0 Å². The predicted molar refractivity (Wildman–Crippen MR) is 109 cm³/mol. The molecule has 2 aromatic rings. The lowest BCUT2D eigenvalue weighted by atomic mass is 10.1. The minimum absolute atomic E-state index is 0.147. The molecule has 3 amide bonds. The van der Waals surface area contributed by atoms with Crippen LogP contribution in [0.25, 0.3) is 0 Å². The van der Waals surface area contributed by atoms with Crippen LogP contribution in [-0.4, -0.2) is 30.8 Å². The van der Waals surface area contributed by atoms with Crippen LogP contribution in [-0.2, 0) is 16.0 Å². The van der Waals surface area contributed by atoms with Crippen LogP contribution in [0.3, 0.4) is 0 Å². The van der Waals surface area contributed by atoms with Crippen molar-refractivity contribution in [1.82, 2.24) is 5.32 Å². The Balaban J connectivity index is 1.58. The van der Waals surface area contributed by atoms with Gasteiger partial charge in [-0.3, -0.25) is 14.4 Å². The van der Waals surface area contributed by atoms with Gasteiger partial charge >= 0.3 is 0 Å². The maximum atomic E-state index is 12.4. The maximum Gasteiger partial charge on any atom is 0.251 e. The Morgan fingerprint density at radius 2 is 1.89 bits per heavy atom. The highest BCUT2D eigenvalue weighted by Gasteiger charge is 2.21. The Labute approximate surface area is 164 Å². The molecule has 0 aliphatic carbocycles. The summed E-state index contributed by atoms with van der Waals surface area (Å²) in [5.74, 6) is -0.158. The molecule has 6 heteroatoms. The normalized spacial score (nSPS) is 13.5. The average molecular weight is 379 g/mol. The van der Waals surface area contributed by atoms with E-state index in [1.807, 2.05) is 31.2 Å². The molecule has 0 saturated carbocycles. The molecule has 1 aliphatic heterocycles. The number of carbonyl (C=O) groups is 3. The summed E-state index contributed by atoms with van der Waals surface area (Å²) in [5.41, 5.74) is 2.85. The number of hydrogen-bond donors (Lipinski definition) is 2. The summed E-state index contributed by atoms with van der Waals surface area (Å²) in [6, 6.07) is 14.4. The number of nitrogens with zero attached hydrogens (tertiary/aromatic N) is 1. The van der Waals surface area contributed by atoms with Crippen molar-refractivity contribution in [1.29, 1.82) is 0 Å². The zero-order chi connectivity index (χ0) is 19.9. The molecule has 1 saturated heterocycles. The number of amides is 3. The lowest BCUT2D eigenvalue weighted by Gasteiger charge is -2.16. The van der Waals surface area contributed by atoms with Gasteiger partial charge in [0.05, 0.1) is 6.42 Å². The number of anilines is 2. The summed E-state index contributed by atoms with van der Waals surface area (Å²) in [6.07, 6.45) is 2.57. The van der Waals surface area contributed by atoms with E-state index >= 15 is 0 Å². The number of hydrogen-bond acceptors (Lipinski definition) is 3. The highest BCUT2D eigenvalue weighted by atomic mass is 16.2. The Bertz CT molecular complexity index is 862. The first-order valence-corrected chi connectivity index (χ1v) is 9.64. The molecule has 6 nitrogen and oxygen atoms in total. The van der Waals surface area contributed by atoms with Crippen LogP contribution in [0.4, 0.5) is 11.4 Å². The molecule has 0 radical (unpaired) electrons. The quantitative estimate of drug-likeness (QED) is 0.776. The molecule has 28 heavy (non-hydrogen) atoms. The Morgan fingerprint density at radius 3 is 2.57 bits per heavy atom. The summed E-state index contributed by atoms with van der Waals surface area (Å²) in [6.45, 7) is 3.36. The van der Waals surface area contributed by atoms with Gasteiger partial charge in [0.2, 0.25) is 11.8 Å². The summed E-state index contributed by atoms with van der Waals surface area (Å²) in [7, 11) is 0. The fraction of sp³-hybridized carbons (Fsp3) is 0.318. The Hall–Kier alpha value is -3.15. The SMILES string of the molecule is CCCNC(=O)c1cccc(NC(=O)Cc2ccc(N3CCCC3=O)cc2)c1. The number of rotatable bonds is 7. The second-order valence-electron chi connectivity index (χ2n) is 6.88. The summed E-state index contributed by atoms with van der Waals surface area (Å²) in [4.78, 5) is 38.0. The smallest absolute Gasteiger partial charge is 0.251 e. The molecule has 1 heterocycles. The third kappa shape index (κ3) is 4.97. The molecule has 1 fully saturated rings. The zero-order valence-electron chi connectivity index (χ0n) is 16.0. The van der Waals surface area contributed by atoms with Gasteiger partial charge in [-0.2, -0.15) is 0 Å². The minimum atomic E-state index is -0.156. The Morgan fingerprint density at radius 1 is 1.11 bits per heavy atom. The number of benzene rings is 2. The van der Waals surface area contributed by atoms with E-state index < -0.39 is 0 Å². The number of nitrogens with one attached hydrogen (secondary N) is 2. The van der Waals surface area contributed by atoms with Gasteiger partial charge in [-0.05, 0) is 48.7 Å². The van der Waals surface area contributed by atoms with E-state index in [2.05, 4.69) is 10.6 Å². The standard InChI is InChI=1S/C22H25N3O3/c1-2-12-23-22(28)17-5-3-6-18(15-17)24-20(26)14-16-8-10-19(11-9-16)25-13-4-7-21(25)27/h3,5-6,8-11,15H,2,4,7,12-14H2,1H3,(H,23,28)(H,24,26). The van der Waals surface area contributed by atoms with Gasteiger partial charge in [-0.25, -0.2) is 0 Å². The van der Waals surface area contributed by atoms with Crippen molar-refractivity contribution < 1.29 is 14.4 Å². The van der Waals surface area contributed by atoms with Crippen LogP contribution in [0.1, 0.15) is 42.1 Å². The van der Waals surface area contributed by atoms with Crippen molar-refractivity contribution in [3.8, 4) is 0 Å². The summed E-state index contributed by atoms with van der Waals surface area (Å²) >= 11 is 0. The molecule has 3 rings (SSSR count). The molecular formula is C22H25N3O3. The first kappa shape index (κ1) is 19.6. The molecular weight excluding hydrogens is 354 g/mol. The molecule has 2 N–H and O–H groups in total. The van der Waals surface area contributed by atoms with Gasteiger partial charge in [0, 0.05) is 36.4 Å². The fourth-order valence-electron chi connectivity index (χ4n) is 3.18. The van der Waals surface area contributed by atoms with E-state index in [0.29, 0.717) is 24.2 Å². The van der Waals surface area contributed by atoms with Crippen LogP contribution in [0.2, 0.25) is 0 Å². The molecule has 0 aromatic heterocycles. The second-order valence-corrected chi connectivity index (χ2v) is 6.88. The van der Waals surface area contributed by atoms with E-state index in [9.17, 15) is 14.4 Å². The molecule has 0 spiro atoms. The lowest BCUT2D eigenvalue weighted by molar-refractivity contribution is -0.117. The fourth-order valence-corrected chi connectivity index (χ4v) is 3.18. The van der Waals surface area contributed by atoms with Gasteiger partial charge in [0.15, 0.2) is 0 Å². The summed E-state index contributed by atoms with van der Waals surface area (Å²) in [5, 5.41) is 5.66. The molecule has 2 aromatic carbocycles. The zero-order valence-corrected chi connectivity index (χ0v) is 16.0. The van der Waals surface area contributed by atoms with Gasteiger partial charge < -0.3 is 15.5 Å². The van der Waals surface area contributed by atoms with Gasteiger partial charge in [0.1, 0.15) is 0 Å². The van der Waals surface area contributed by atoms with Crippen molar-refractivity contribution >= 4 is 29.1 Å². The third-order valence-electron chi connectivity index (χ3n) is 4.63. The highest BCUT2D eigenvalue weighted by Crippen LogP contribution is 2.22. The van der Waals surface area contributed by atoms with E-state index in [4.69, 9.17) is 0 Å². The number of carbonyl (C=O) groups excluding carboxylic acids is 3. The molecule has 0 unspecified atom stereocenters. The van der Waals surface area contributed by atoms with Gasteiger partial charge in [-0.15, -0.1) is 0 Å². The largest absolute Gasteiger partial charge is 0.352 e. The minimum Gasteiger partial charge on any atom is -0.352 e. The average Bonchev–Trinajstić information content (AvgIpc) is 3.12. The van der Waals surface area contributed by atoms with E-state index in [1.165, 1.54) is 0 Å². The van der Waals surface area contributed by atoms with Crippen LogP contribution in [0, 0.1) is 0 Å². The first-order valence-electron chi connectivity index (χ1n) is 9.64. The van der Waals surface area contributed by atoms with Crippen LogP contribution in [0.5, 0.6) is 0 Å². The molecule has 0 atom stereocenters. The molecule has 0 bridgehead atoms. The van der Waals surface area contributed by atoms with Crippen molar-refractivity contribution in [3.63, 3.8) is 0 Å². The van der Waals surface area contributed by atoms with Gasteiger partial charge in [0.25, 0.3) is 5.91 Å². The molecule has 146 valence electrons. The maximum absolute atomic E-state index is 12.4. The van der Waals surface area contributed by atoms with Crippen molar-refractivity contribution in [2.24, 2.45) is 0 Å².